The lowest BCUT2D eigenvalue weighted by Gasteiger charge is -2.60. The van der Waals surface area contributed by atoms with E-state index < -0.39 is 0 Å². The Hall–Kier alpha value is -2.37. The molecule has 6 rings (SSSR count). The van der Waals surface area contributed by atoms with Gasteiger partial charge in [-0.15, -0.1) is 0 Å². The molecule has 0 unspecified atom stereocenters. The Kier molecular flexibility index (Phi) is 4.83. The maximum Gasteiger partial charge on any atom is 0.226 e. The summed E-state index contributed by atoms with van der Waals surface area (Å²) >= 11 is 0. The number of methoxy groups -OCH3 is 1. The Morgan fingerprint density at radius 3 is 2.57 bits per heavy atom. The van der Waals surface area contributed by atoms with Gasteiger partial charge in [-0.3, -0.25) is 4.79 Å². The SMILES string of the molecule is COc1ccc(CCCNC(=O)C23C[C@H]4C[C@H](C2)CC(n2cnc(C)n2)(C4)C3)cc1. The number of nitrogens with one attached hydrogen (secondary N) is 1. The molecule has 2 atom stereocenters. The fourth-order valence-electron chi connectivity index (χ4n) is 6.80. The third-order valence-corrected chi connectivity index (χ3v) is 7.69. The number of carbonyl (C=O) groups excluding carboxylic acids is 1. The highest BCUT2D eigenvalue weighted by Gasteiger charge is 2.61. The van der Waals surface area contributed by atoms with Crippen molar-refractivity contribution in [2.24, 2.45) is 17.3 Å². The van der Waals surface area contributed by atoms with Crippen LogP contribution in [-0.2, 0) is 16.8 Å². The highest BCUT2D eigenvalue weighted by atomic mass is 16.5. The zero-order valence-corrected chi connectivity index (χ0v) is 18.1. The van der Waals surface area contributed by atoms with Crippen molar-refractivity contribution in [3.05, 3.63) is 42.0 Å². The molecule has 1 aromatic carbocycles. The number of amides is 1. The Bertz CT molecular complexity index is 906. The quantitative estimate of drug-likeness (QED) is 0.710. The van der Waals surface area contributed by atoms with Gasteiger partial charge in [-0.1, -0.05) is 12.1 Å². The van der Waals surface area contributed by atoms with Crippen LogP contribution in [-0.4, -0.2) is 34.3 Å². The number of nitrogens with zero attached hydrogens (tertiary/aromatic N) is 3. The van der Waals surface area contributed by atoms with Crippen molar-refractivity contribution in [3.8, 4) is 5.75 Å². The van der Waals surface area contributed by atoms with E-state index in [1.807, 2.05) is 25.4 Å². The summed E-state index contributed by atoms with van der Waals surface area (Å²) in [6, 6.07) is 8.19. The van der Waals surface area contributed by atoms with E-state index >= 15 is 0 Å². The Morgan fingerprint density at radius 1 is 1.20 bits per heavy atom. The average molecular weight is 409 g/mol. The highest BCUT2D eigenvalue weighted by molar-refractivity contribution is 5.83. The summed E-state index contributed by atoms with van der Waals surface area (Å²) < 4.78 is 7.32. The van der Waals surface area contributed by atoms with Crippen molar-refractivity contribution in [2.45, 2.75) is 63.8 Å². The first kappa shape index (κ1) is 19.6. The number of carbonyl (C=O) groups is 1. The monoisotopic (exact) mass is 408 g/mol. The van der Waals surface area contributed by atoms with E-state index in [4.69, 9.17) is 4.74 Å². The standard InChI is InChI=1S/C24H32N4O2/c1-17-26-16-28(27-17)24-13-19-10-20(14-24)12-23(11-19,15-24)22(29)25-9-3-4-18-5-7-21(30-2)8-6-18/h5-8,16,19-20H,3-4,9-15H2,1-2H3,(H,25,29)/t19-,20-,23?,24?/m1/s1. The lowest BCUT2D eigenvalue weighted by Crippen LogP contribution is -2.61. The highest BCUT2D eigenvalue weighted by Crippen LogP contribution is 2.64. The molecule has 6 nitrogen and oxygen atoms in total. The number of hydrogen-bond acceptors (Lipinski definition) is 4. The van der Waals surface area contributed by atoms with Crippen LogP contribution in [0.25, 0.3) is 0 Å². The third kappa shape index (κ3) is 3.40. The number of aryl methyl sites for hydroxylation is 2. The molecule has 4 bridgehead atoms. The molecule has 0 radical (unpaired) electrons. The summed E-state index contributed by atoms with van der Waals surface area (Å²) in [5.74, 6) is 3.25. The zero-order valence-electron chi connectivity index (χ0n) is 18.1. The summed E-state index contributed by atoms with van der Waals surface area (Å²) in [7, 11) is 1.68. The van der Waals surface area contributed by atoms with Gasteiger partial charge in [0.05, 0.1) is 18.1 Å². The van der Waals surface area contributed by atoms with Gasteiger partial charge < -0.3 is 10.1 Å². The number of rotatable bonds is 7. The van der Waals surface area contributed by atoms with Crippen LogP contribution in [0.1, 0.15) is 56.3 Å². The molecule has 1 N–H and O–H groups in total. The van der Waals surface area contributed by atoms with Crippen molar-refractivity contribution in [1.82, 2.24) is 20.1 Å². The smallest absolute Gasteiger partial charge is 0.226 e. The van der Waals surface area contributed by atoms with Gasteiger partial charge >= 0.3 is 0 Å². The van der Waals surface area contributed by atoms with Crippen molar-refractivity contribution in [2.75, 3.05) is 13.7 Å². The molecule has 30 heavy (non-hydrogen) atoms. The first-order chi connectivity index (χ1) is 14.5. The van der Waals surface area contributed by atoms with Crippen LogP contribution < -0.4 is 10.1 Å². The summed E-state index contributed by atoms with van der Waals surface area (Å²) in [6.45, 7) is 2.68. The van der Waals surface area contributed by atoms with E-state index in [1.165, 1.54) is 12.0 Å². The predicted molar refractivity (Wildman–Crippen MR) is 114 cm³/mol. The largest absolute Gasteiger partial charge is 0.497 e. The van der Waals surface area contributed by atoms with Crippen LogP contribution in [0, 0.1) is 24.2 Å². The van der Waals surface area contributed by atoms with Crippen molar-refractivity contribution in [1.29, 1.82) is 0 Å². The molecule has 1 aromatic heterocycles. The van der Waals surface area contributed by atoms with Gasteiger partial charge in [0.2, 0.25) is 5.91 Å². The molecule has 4 fully saturated rings. The lowest BCUT2D eigenvalue weighted by molar-refractivity contribution is -0.156. The first-order valence-electron chi connectivity index (χ1n) is 11.3. The molecule has 160 valence electrons. The van der Waals surface area contributed by atoms with Crippen LogP contribution in [0.2, 0.25) is 0 Å². The van der Waals surface area contributed by atoms with Gasteiger partial charge in [-0.05, 0) is 87.8 Å². The molecule has 1 heterocycles. The Labute approximate surface area is 178 Å². The second-order valence-corrected chi connectivity index (χ2v) is 9.91. The van der Waals surface area contributed by atoms with Crippen molar-refractivity contribution in [3.63, 3.8) is 0 Å². The maximum absolute atomic E-state index is 13.4. The molecule has 0 spiro atoms. The number of hydrogen-bond donors (Lipinski definition) is 1. The summed E-state index contributed by atoms with van der Waals surface area (Å²) in [6.07, 6.45) is 10.4. The molecule has 4 saturated carbocycles. The third-order valence-electron chi connectivity index (χ3n) is 7.69. The molecule has 4 aliphatic rings. The average Bonchev–Trinajstić information content (AvgIpc) is 3.18. The molecule has 0 aliphatic heterocycles. The van der Waals surface area contributed by atoms with Gasteiger partial charge in [-0.2, -0.15) is 5.10 Å². The number of ether oxygens (including phenoxy) is 1. The van der Waals surface area contributed by atoms with Gasteiger partial charge in [-0.25, -0.2) is 9.67 Å². The second kappa shape index (κ2) is 7.40. The van der Waals surface area contributed by atoms with Crippen LogP contribution in [0.4, 0.5) is 0 Å². The number of benzene rings is 1. The molecule has 0 saturated heterocycles. The first-order valence-corrected chi connectivity index (χ1v) is 11.3. The van der Waals surface area contributed by atoms with Crippen molar-refractivity contribution < 1.29 is 9.53 Å². The molecular formula is C24H32N4O2. The second-order valence-electron chi connectivity index (χ2n) is 9.91. The zero-order chi connectivity index (χ0) is 20.8. The molecule has 2 aromatic rings. The summed E-state index contributed by atoms with van der Waals surface area (Å²) in [5.41, 5.74) is 1.05. The topological polar surface area (TPSA) is 69.0 Å². The molecular weight excluding hydrogens is 376 g/mol. The van der Waals surface area contributed by atoms with E-state index in [1.54, 1.807) is 7.11 Å². The van der Waals surface area contributed by atoms with Crippen LogP contribution in [0.3, 0.4) is 0 Å². The predicted octanol–water partition coefficient (Wildman–Crippen LogP) is 3.64. The van der Waals surface area contributed by atoms with Crippen LogP contribution in [0.15, 0.2) is 30.6 Å². The fraction of sp³-hybridized carbons (Fsp3) is 0.625. The van der Waals surface area contributed by atoms with E-state index in [0.717, 1.165) is 63.1 Å². The molecule has 6 heteroatoms. The van der Waals surface area contributed by atoms with E-state index in [-0.39, 0.29) is 16.9 Å². The normalized spacial score (nSPS) is 31.7. The van der Waals surface area contributed by atoms with Gasteiger partial charge in [0, 0.05) is 6.54 Å². The maximum atomic E-state index is 13.4. The van der Waals surface area contributed by atoms with Crippen molar-refractivity contribution >= 4 is 5.91 Å². The van der Waals surface area contributed by atoms with Gasteiger partial charge in [0.15, 0.2) is 0 Å². The van der Waals surface area contributed by atoms with Crippen LogP contribution in [0.5, 0.6) is 5.75 Å². The van der Waals surface area contributed by atoms with Crippen LogP contribution >= 0.6 is 0 Å². The fourth-order valence-corrected chi connectivity index (χ4v) is 6.80. The van der Waals surface area contributed by atoms with E-state index in [0.29, 0.717) is 11.8 Å². The molecule has 4 aliphatic carbocycles. The minimum absolute atomic E-state index is 0.00816. The van der Waals surface area contributed by atoms with E-state index in [9.17, 15) is 4.79 Å². The Morgan fingerprint density at radius 2 is 1.93 bits per heavy atom. The van der Waals surface area contributed by atoms with Gasteiger partial charge in [0.25, 0.3) is 0 Å². The summed E-state index contributed by atoms with van der Waals surface area (Å²) in [5, 5.41) is 7.97. The van der Waals surface area contributed by atoms with E-state index in [2.05, 4.69) is 32.2 Å². The Balaban J connectivity index is 1.23. The van der Waals surface area contributed by atoms with Gasteiger partial charge in [0.1, 0.15) is 17.9 Å². The molecule has 1 amide bonds. The lowest BCUT2D eigenvalue weighted by atomic mass is 9.46. The summed E-state index contributed by atoms with van der Waals surface area (Å²) in [4.78, 5) is 17.8. The number of aromatic nitrogens is 3. The minimum atomic E-state index is -0.218. The minimum Gasteiger partial charge on any atom is -0.497 e.